The summed E-state index contributed by atoms with van der Waals surface area (Å²) in [6, 6.07) is 16.6. The average Bonchev–Trinajstić information content (AvgIpc) is 2.61. The molecule has 27 heavy (non-hydrogen) atoms. The van der Waals surface area contributed by atoms with Crippen molar-refractivity contribution < 1.29 is 13.2 Å². The minimum atomic E-state index is -3.34. The van der Waals surface area contributed by atoms with E-state index in [1.807, 2.05) is 25.1 Å². The zero-order chi connectivity index (χ0) is 20.0. The largest absolute Gasteiger partial charge is 0.348 e. The zero-order valence-electron chi connectivity index (χ0n) is 16.3. The quantitative estimate of drug-likeness (QED) is 0.755. The molecule has 0 aliphatic carbocycles. The molecule has 1 N–H and O–H groups in total. The summed E-state index contributed by atoms with van der Waals surface area (Å²) in [7, 11) is -3.34. The third-order valence-electron chi connectivity index (χ3n) is 4.37. The molecule has 0 saturated carbocycles. The van der Waals surface area contributed by atoms with E-state index in [2.05, 4.69) is 36.2 Å². The Hall–Kier alpha value is -2.18. The van der Waals surface area contributed by atoms with Crippen LogP contribution in [0.25, 0.3) is 0 Å². The van der Waals surface area contributed by atoms with E-state index in [9.17, 15) is 13.2 Å². The average molecular weight is 389 g/mol. The molecule has 1 unspecified atom stereocenters. The van der Waals surface area contributed by atoms with Gasteiger partial charge in [0.2, 0.25) is 0 Å². The molecule has 0 spiro atoms. The van der Waals surface area contributed by atoms with Gasteiger partial charge < -0.3 is 5.32 Å². The Morgan fingerprint density at radius 3 is 2.30 bits per heavy atom. The first-order chi connectivity index (χ1) is 12.7. The molecular formula is C21H28N2O3S. The van der Waals surface area contributed by atoms with Crippen molar-refractivity contribution in [3.05, 3.63) is 65.7 Å². The molecule has 0 aliphatic heterocycles. The lowest BCUT2D eigenvalue weighted by Gasteiger charge is -2.29. The molecule has 1 atom stereocenters. The van der Waals surface area contributed by atoms with Crippen LogP contribution in [-0.4, -0.2) is 44.1 Å². The number of rotatable bonds is 8. The lowest BCUT2D eigenvalue weighted by Crippen LogP contribution is -2.44. The summed E-state index contributed by atoms with van der Waals surface area (Å²) >= 11 is 0. The van der Waals surface area contributed by atoms with Crippen LogP contribution in [0.4, 0.5) is 0 Å². The first-order valence-electron chi connectivity index (χ1n) is 9.06. The lowest BCUT2D eigenvalue weighted by molar-refractivity contribution is 0.0921. The Balaban J connectivity index is 2.02. The molecule has 0 aromatic heterocycles. The first kappa shape index (κ1) is 21.1. The van der Waals surface area contributed by atoms with E-state index >= 15 is 0 Å². The SMILES string of the molecule is CC(CN(Cc1ccccc1)C(C)C)NC(=O)c1cccc(S(C)(=O)=O)c1. The van der Waals surface area contributed by atoms with E-state index in [1.165, 1.54) is 17.7 Å². The molecule has 2 aromatic rings. The van der Waals surface area contributed by atoms with Crippen molar-refractivity contribution in [3.8, 4) is 0 Å². The van der Waals surface area contributed by atoms with Gasteiger partial charge in [0.05, 0.1) is 4.90 Å². The van der Waals surface area contributed by atoms with Crippen molar-refractivity contribution >= 4 is 15.7 Å². The second-order valence-corrected chi connectivity index (χ2v) is 9.20. The second kappa shape index (κ2) is 9.15. The Labute approximate surface area is 162 Å². The van der Waals surface area contributed by atoms with Crippen LogP contribution in [0.15, 0.2) is 59.5 Å². The van der Waals surface area contributed by atoms with E-state index in [-0.39, 0.29) is 16.8 Å². The smallest absolute Gasteiger partial charge is 0.251 e. The highest BCUT2D eigenvalue weighted by atomic mass is 32.2. The maximum atomic E-state index is 12.5. The van der Waals surface area contributed by atoms with E-state index in [4.69, 9.17) is 0 Å². The molecule has 5 nitrogen and oxygen atoms in total. The Morgan fingerprint density at radius 2 is 1.70 bits per heavy atom. The Morgan fingerprint density at radius 1 is 1.04 bits per heavy atom. The number of hydrogen-bond acceptors (Lipinski definition) is 4. The normalized spacial score (nSPS) is 13.0. The van der Waals surface area contributed by atoms with Gasteiger partial charge in [-0.3, -0.25) is 9.69 Å². The van der Waals surface area contributed by atoms with Crippen molar-refractivity contribution in [2.45, 2.75) is 44.3 Å². The summed E-state index contributed by atoms with van der Waals surface area (Å²) in [4.78, 5) is 15.0. The van der Waals surface area contributed by atoms with Crippen LogP contribution in [0.5, 0.6) is 0 Å². The number of hydrogen-bond donors (Lipinski definition) is 1. The van der Waals surface area contributed by atoms with Crippen molar-refractivity contribution in [3.63, 3.8) is 0 Å². The van der Waals surface area contributed by atoms with Gasteiger partial charge in [0, 0.05) is 37.0 Å². The van der Waals surface area contributed by atoms with Gasteiger partial charge in [0.15, 0.2) is 9.84 Å². The number of amides is 1. The third-order valence-corrected chi connectivity index (χ3v) is 5.48. The van der Waals surface area contributed by atoms with Gasteiger partial charge in [-0.05, 0) is 44.5 Å². The van der Waals surface area contributed by atoms with E-state index < -0.39 is 9.84 Å². The summed E-state index contributed by atoms with van der Waals surface area (Å²) in [5.41, 5.74) is 1.58. The molecule has 1 amide bonds. The van der Waals surface area contributed by atoms with Crippen LogP contribution in [-0.2, 0) is 16.4 Å². The Kier molecular flexibility index (Phi) is 7.16. The molecule has 2 aromatic carbocycles. The topological polar surface area (TPSA) is 66.5 Å². The van der Waals surface area contributed by atoms with Gasteiger partial charge in [0.25, 0.3) is 5.91 Å². The van der Waals surface area contributed by atoms with Gasteiger partial charge in [-0.2, -0.15) is 0 Å². The Bertz CT molecular complexity index is 864. The number of carbonyl (C=O) groups is 1. The van der Waals surface area contributed by atoms with Gasteiger partial charge >= 0.3 is 0 Å². The van der Waals surface area contributed by atoms with Crippen LogP contribution < -0.4 is 5.32 Å². The summed E-state index contributed by atoms with van der Waals surface area (Å²) < 4.78 is 23.4. The molecule has 146 valence electrons. The van der Waals surface area contributed by atoms with Crippen LogP contribution in [0.2, 0.25) is 0 Å². The fourth-order valence-corrected chi connectivity index (χ4v) is 3.52. The van der Waals surface area contributed by atoms with Crippen molar-refractivity contribution in [1.82, 2.24) is 10.2 Å². The molecule has 0 saturated heterocycles. The summed E-state index contributed by atoms with van der Waals surface area (Å²) in [5, 5.41) is 2.97. The molecule has 0 fully saturated rings. The molecular weight excluding hydrogens is 360 g/mol. The summed E-state index contributed by atoms with van der Waals surface area (Å²) in [6.07, 6.45) is 1.14. The number of benzene rings is 2. The van der Waals surface area contributed by atoms with Crippen LogP contribution in [0.1, 0.15) is 36.7 Å². The van der Waals surface area contributed by atoms with Crippen LogP contribution in [0, 0.1) is 0 Å². The van der Waals surface area contributed by atoms with Crippen LogP contribution >= 0.6 is 0 Å². The maximum absolute atomic E-state index is 12.5. The van der Waals surface area contributed by atoms with Crippen molar-refractivity contribution in [1.29, 1.82) is 0 Å². The first-order valence-corrected chi connectivity index (χ1v) is 10.9. The number of carbonyl (C=O) groups excluding carboxylic acids is 1. The minimum Gasteiger partial charge on any atom is -0.348 e. The fraction of sp³-hybridized carbons (Fsp3) is 0.381. The molecule has 6 heteroatoms. The summed E-state index contributed by atoms with van der Waals surface area (Å²) in [5.74, 6) is -0.267. The predicted molar refractivity (Wildman–Crippen MR) is 108 cm³/mol. The van der Waals surface area contributed by atoms with Crippen molar-refractivity contribution in [2.24, 2.45) is 0 Å². The fourth-order valence-electron chi connectivity index (χ4n) is 2.85. The monoisotopic (exact) mass is 388 g/mol. The number of nitrogens with zero attached hydrogens (tertiary/aromatic N) is 1. The van der Waals surface area contributed by atoms with Gasteiger partial charge in [-0.15, -0.1) is 0 Å². The molecule has 0 aliphatic rings. The number of nitrogens with one attached hydrogen (secondary N) is 1. The van der Waals surface area contributed by atoms with E-state index in [0.29, 0.717) is 18.2 Å². The molecule has 0 radical (unpaired) electrons. The lowest BCUT2D eigenvalue weighted by atomic mass is 10.1. The number of sulfone groups is 1. The van der Waals surface area contributed by atoms with E-state index in [1.54, 1.807) is 12.1 Å². The highest BCUT2D eigenvalue weighted by Gasteiger charge is 2.17. The maximum Gasteiger partial charge on any atom is 0.251 e. The van der Waals surface area contributed by atoms with E-state index in [0.717, 1.165) is 12.8 Å². The molecule has 0 bridgehead atoms. The third kappa shape index (κ3) is 6.48. The second-order valence-electron chi connectivity index (χ2n) is 7.18. The molecule has 0 heterocycles. The predicted octanol–water partition coefficient (Wildman–Crippen LogP) is 3.12. The van der Waals surface area contributed by atoms with Crippen molar-refractivity contribution in [2.75, 3.05) is 12.8 Å². The highest BCUT2D eigenvalue weighted by Crippen LogP contribution is 2.12. The highest BCUT2D eigenvalue weighted by molar-refractivity contribution is 7.90. The molecule has 2 rings (SSSR count). The standard InChI is InChI=1S/C21H28N2O3S/c1-16(2)23(15-18-9-6-5-7-10-18)14-17(3)22-21(24)19-11-8-12-20(13-19)27(4,25)26/h5-13,16-17H,14-15H2,1-4H3,(H,22,24). The zero-order valence-corrected chi connectivity index (χ0v) is 17.2. The summed E-state index contributed by atoms with van der Waals surface area (Å²) in [6.45, 7) is 7.73. The van der Waals surface area contributed by atoms with Crippen LogP contribution in [0.3, 0.4) is 0 Å². The van der Waals surface area contributed by atoms with Gasteiger partial charge in [0.1, 0.15) is 0 Å². The van der Waals surface area contributed by atoms with Gasteiger partial charge in [-0.1, -0.05) is 36.4 Å². The van der Waals surface area contributed by atoms with Gasteiger partial charge in [-0.25, -0.2) is 8.42 Å². The minimum absolute atomic E-state index is 0.0782.